The lowest BCUT2D eigenvalue weighted by Crippen LogP contribution is -2.13. The van der Waals surface area contributed by atoms with Crippen LogP contribution >= 0.6 is 0 Å². The summed E-state index contributed by atoms with van der Waals surface area (Å²) >= 11 is 0. The third-order valence-electron chi connectivity index (χ3n) is 13.5. The zero-order chi connectivity index (χ0) is 46.4. The van der Waals surface area contributed by atoms with E-state index in [2.05, 4.69) is 252 Å². The fourth-order valence-corrected chi connectivity index (χ4v) is 10.1. The molecule has 0 spiro atoms. The van der Waals surface area contributed by atoms with E-state index in [-0.39, 0.29) is 0 Å². The van der Waals surface area contributed by atoms with Gasteiger partial charge in [0.05, 0.1) is 11.4 Å². The lowest BCUT2D eigenvalue weighted by atomic mass is 9.97. The molecule has 13 aromatic rings. The molecule has 11 aromatic carbocycles. The van der Waals surface area contributed by atoms with Gasteiger partial charge in [-0.25, -0.2) is 0 Å². The van der Waals surface area contributed by atoms with Gasteiger partial charge in [-0.15, -0.1) is 0 Å². The molecule has 4 nitrogen and oxygen atoms in total. The normalized spacial score (nSPS) is 11.4. The average Bonchev–Trinajstić information content (AvgIpc) is 4.00. The maximum absolute atomic E-state index is 6.54. The minimum atomic E-state index is 0.836. The molecule has 0 radical (unpaired) electrons. The molecule has 2 aromatic heterocycles. The minimum absolute atomic E-state index is 0.836. The van der Waals surface area contributed by atoms with E-state index in [1.54, 1.807) is 0 Å². The highest BCUT2D eigenvalue weighted by Gasteiger charge is 2.24. The summed E-state index contributed by atoms with van der Waals surface area (Å²) in [4.78, 5) is 4.72. The molecule has 0 atom stereocenters. The van der Waals surface area contributed by atoms with Crippen LogP contribution in [0.15, 0.2) is 276 Å². The SMILES string of the molecule is c1ccc(-c2ccc(-c3ccc(N(c4ccc5c(c4)oc4ccccc45)c4ccccc4-c4ccccc4N(c4ccc(-c5ccccc5)cc4)c4ccc5c(c4)oc4ccccc45)cc3)cc2)cc1. The maximum atomic E-state index is 6.54. The lowest BCUT2D eigenvalue weighted by molar-refractivity contribution is 0.668. The van der Waals surface area contributed by atoms with Gasteiger partial charge in [-0.3, -0.25) is 0 Å². The van der Waals surface area contributed by atoms with Crippen molar-refractivity contribution in [2.24, 2.45) is 0 Å². The van der Waals surface area contributed by atoms with E-state index in [1.807, 2.05) is 24.3 Å². The molecule has 0 saturated heterocycles. The summed E-state index contributed by atoms with van der Waals surface area (Å²) in [5, 5.41) is 4.38. The summed E-state index contributed by atoms with van der Waals surface area (Å²) in [6.45, 7) is 0. The second-order valence-corrected chi connectivity index (χ2v) is 17.7. The largest absolute Gasteiger partial charge is 0.456 e. The number of nitrogens with zero attached hydrogens (tertiary/aromatic N) is 2. The van der Waals surface area contributed by atoms with Crippen LogP contribution in [0.1, 0.15) is 0 Å². The highest BCUT2D eigenvalue weighted by Crippen LogP contribution is 2.48. The highest BCUT2D eigenvalue weighted by molar-refractivity contribution is 6.08. The Kier molecular flexibility index (Phi) is 10.1. The van der Waals surface area contributed by atoms with E-state index < -0.39 is 0 Å². The predicted octanol–water partition coefficient (Wildman–Crippen LogP) is 19.1. The van der Waals surface area contributed by atoms with Gasteiger partial charge >= 0.3 is 0 Å². The quantitative estimate of drug-likeness (QED) is 0.137. The Hall–Kier alpha value is -9.38. The Labute approximate surface area is 406 Å². The van der Waals surface area contributed by atoms with Gasteiger partial charge in [-0.05, 0) is 106 Å². The molecule has 2 heterocycles. The Morgan fingerprint density at radius 3 is 0.929 bits per heavy atom. The number of anilines is 6. The van der Waals surface area contributed by atoms with Crippen LogP contribution in [0, 0.1) is 0 Å². The van der Waals surface area contributed by atoms with Crippen molar-refractivity contribution in [2.45, 2.75) is 0 Å². The van der Waals surface area contributed by atoms with E-state index in [9.17, 15) is 0 Å². The van der Waals surface area contributed by atoms with Crippen LogP contribution in [0.25, 0.3) is 88.4 Å². The standard InChI is InChI=1S/C66H44N2O2/c1-3-15-45(16-4-1)47-27-29-48(30-28-47)50-33-37-52(38-34-50)68(54-40-42-60-58-22-10-14-26-64(58)70-66(60)44-54)62-24-12-8-20-56(62)55-19-7-11-23-61(55)67(51-35-31-49(32-36-51)46-17-5-2-6-18-46)53-39-41-59-57-21-9-13-25-63(57)69-65(59)43-53/h1-44H. The fraction of sp³-hybridized carbons (Fsp3) is 0. The number of hydrogen-bond donors (Lipinski definition) is 0. The molecule has 4 heteroatoms. The predicted molar refractivity (Wildman–Crippen MR) is 292 cm³/mol. The van der Waals surface area contributed by atoms with Gasteiger partial charge in [0.25, 0.3) is 0 Å². The van der Waals surface area contributed by atoms with Crippen LogP contribution < -0.4 is 9.80 Å². The van der Waals surface area contributed by atoms with Crippen LogP contribution in [0.5, 0.6) is 0 Å². The highest BCUT2D eigenvalue weighted by atomic mass is 16.3. The number of benzene rings is 11. The summed E-state index contributed by atoms with van der Waals surface area (Å²) in [5.74, 6) is 0. The molecular formula is C66H44N2O2. The Morgan fingerprint density at radius 2 is 0.514 bits per heavy atom. The second kappa shape index (κ2) is 17.4. The van der Waals surface area contributed by atoms with Crippen LogP contribution in [0.2, 0.25) is 0 Å². The van der Waals surface area contributed by atoms with Crippen molar-refractivity contribution >= 4 is 78.0 Å². The third-order valence-corrected chi connectivity index (χ3v) is 13.5. The minimum Gasteiger partial charge on any atom is -0.456 e. The van der Waals surface area contributed by atoms with E-state index in [4.69, 9.17) is 8.83 Å². The van der Waals surface area contributed by atoms with Crippen molar-refractivity contribution in [2.75, 3.05) is 9.80 Å². The summed E-state index contributed by atoms with van der Waals surface area (Å²) in [7, 11) is 0. The summed E-state index contributed by atoms with van der Waals surface area (Å²) < 4.78 is 13.1. The van der Waals surface area contributed by atoms with Gasteiger partial charge in [0.1, 0.15) is 22.3 Å². The summed E-state index contributed by atoms with van der Waals surface area (Å²) in [6.07, 6.45) is 0. The molecule has 0 N–H and O–H groups in total. The van der Waals surface area contributed by atoms with Crippen molar-refractivity contribution in [3.8, 4) is 44.5 Å². The average molecular weight is 897 g/mol. The summed E-state index contributed by atoms with van der Waals surface area (Å²) in [5.41, 5.74) is 18.7. The monoisotopic (exact) mass is 896 g/mol. The first-order valence-electron chi connectivity index (χ1n) is 23.7. The van der Waals surface area contributed by atoms with Crippen molar-refractivity contribution < 1.29 is 8.83 Å². The topological polar surface area (TPSA) is 32.8 Å². The van der Waals surface area contributed by atoms with Crippen molar-refractivity contribution in [1.29, 1.82) is 0 Å². The number of hydrogen-bond acceptors (Lipinski definition) is 4. The van der Waals surface area contributed by atoms with Gasteiger partial charge in [0.2, 0.25) is 0 Å². The second-order valence-electron chi connectivity index (χ2n) is 17.7. The smallest absolute Gasteiger partial charge is 0.137 e. The van der Waals surface area contributed by atoms with Gasteiger partial charge in [-0.1, -0.05) is 182 Å². The Balaban J connectivity index is 0.965. The molecular weight excluding hydrogens is 853 g/mol. The zero-order valence-corrected chi connectivity index (χ0v) is 38.1. The van der Waals surface area contributed by atoms with Crippen molar-refractivity contribution in [3.05, 3.63) is 267 Å². The lowest BCUT2D eigenvalue weighted by Gasteiger charge is -2.31. The molecule has 13 rings (SSSR count). The first-order chi connectivity index (χ1) is 34.7. The molecule has 0 aliphatic rings. The Bertz CT molecular complexity index is 3990. The summed E-state index contributed by atoms with van der Waals surface area (Å²) in [6, 6.07) is 94.8. The van der Waals surface area contributed by atoms with Gasteiger partial charge in [0.15, 0.2) is 0 Å². The molecule has 70 heavy (non-hydrogen) atoms. The molecule has 0 fully saturated rings. The van der Waals surface area contributed by atoms with Crippen molar-refractivity contribution in [1.82, 2.24) is 0 Å². The maximum Gasteiger partial charge on any atom is 0.137 e. The van der Waals surface area contributed by atoms with Crippen LogP contribution in [0.3, 0.4) is 0 Å². The van der Waals surface area contributed by atoms with Gasteiger partial charge < -0.3 is 18.6 Å². The molecule has 0 amide bonds. The molecule has 330 valence electrons. The molecule has 0 aliphatic carbocycles. The molecule has 0 bridgehead atoms. The molecule has 0 aliphatic heterocycles. The first kappa shape index (κ1) is 40.9. The number of fused-ring (bicyclic) bond motifs is 6. The first-order valence-corrected chi connectivity index (χ1v) is 23.7. The van der Waals surface area contributed by atoms with E-state index in [0.717, 1.165) is 106 Å². The zero-order valence-electron chi connectivity index (χ0n) is 38.1. The third kappa shape index (κ3) is 7.36. The van der Waals surface area contributed by atoms with E-state index in [0.29, 0.717) is 0 Å². The van der Waals surface area contributed by atoms with Gasteiger partial charge in [-0.2, -0.15) is 0 Å². The molecule has 0 saturated carbocycles. The Morgan fingerprint density at radius 1 is 0.214 bits per heavy atom. The number of rotatable bonds is 10. The van der Waals surface area contributed by atoms with Crippen LogP contribution in [-0.4, -0.2) is 0 Å². The number of para-hydroxylation sites is 4. The number of furan rings is 2. The van der Waals surface area contributed by atoms with Crippen molar-refractivity contribution in [3.63, 3.8) is 0 Å². The van der Waals surface area contributed by atoms with E-state index >= 15 is 0 Å². The van der Waals surface area contributed by atoms with Crippen LogP contribution in [0.4, 0.5) is 34.1 Å². The van der Waals surface area contributed by atoms with E-state index in [1.165, 1.54) is 16.7 Å². The van der Waals surface area contributed by atoms with Crippen LogP contribution in [-0.2, 0) is 0 Å². The molecule has 0 unspecified atom stereocenters. The van der Waals surface area contributed by atoms with Gasteiger partial charge in [0, 0.05) is 67.6 Å². The fourth-order valence-electron chi connectivity index (χ4n) is 10.1.